The van der Waals surface area contributed by atoms with Crippen molar-refractivity contribution in [3.8, 4) is 0 Å². The summed E-state index contributed by atoms with van der Waals surface area (Å²) in [5, 5.41) is 10.7. The molecule has 1 aliphatic heterocycles. The number of aliphatic hydroxyl groups excluding tert-OH is 1. The van der Waals surface area contributed by atoms with E-state index in [1.807, 2.05) is 0 Å². The minimum Gasteiger partial charge on any atom is -0.387 e. The van der Waals surface area contributed by atoms with E-state index in [1.165, 1.54) is 23.1 Å². The van der Waals surface area contributed by atoms with Gasteiger partial charge in [0, 0.05) is 32.2 Å². The number of piperazine rings is 1. The van der Waals surface area contributed by atoms with Gasteiger partial charge in [-0.25, -0.2) is 0 Å². The normalized spacial score (nSPS) is 22.5. The Bertz CT molecular complexity index is 463. The van der Waals surface area contributed by atoms with Gasteiger partial charge in [-0.1, -0.05) is 24.6 Å². The number of nitrogens with zero attached hydrogens (tertiary/aromatic N) is 2. The van der Waals surface area contributed by atoms with Crippen molar-refractivity contribution in [2.75, 3.05) is 33.2 Å². The molecular formula is C18H30N2O. The van der Waals surface area contributed by atoms with Gasteiger partial charge in [-0.2, -0.15) is 0 Å². The van der Waals surface area contributed by atoms with Crippen molar-refractivity contribution < 1.29 is 5.11 Å². The molecule has 1 N–H and O–H groups in total. The first kappa shape index (κ1) is 16.5. The molecule has 21 heavy (non-hydrogen) atoms. The van der Waals surface area contributed by atoms with Crippen molar-refractivity contribution in [2.24, 2.45) is 0 Å². The van der Waals surface area contributed by atoms with Crippen LogP contribution < -0.4 is 0 Å². The van der Waals surface area contributed by atoms with Crippen LogP contribution in [0, 0.1) is 20.8 Å². The highest BCUT2D eigenvalue weighted by Gasteiger charge is 2.25. The van der Waals surface area contributed by atoms with Crippen LogP contribution >= 0.6 is 0 Å². The zero-order valence-electron chi connectivity index (χ0n) is 14.2. The lowest BCUT2D eigenvalue weighted by molar-refractivity contribution is 0.0498. The Balaban J connectivity index is 2.06. The summed E-state index contributed by atoms with van der Waals surface area (Å²) < 4.78 is 0. The predicted octanol–water partition coefficient (Wildman–Crippen LogP) is 2.67. The Labute approximate surface area is 129 Å². The Morgan fingerprint density at radius 1 is 1.19 bits per heavy atom. The van der Waals surface area contributed by atoms with Crippen LogP contribution in [-0.4, -0.2) is 54.2 Å². The van der Waals surface area contributed by atoms with Crippen LogP contribution in [0.2, 0.25) is 0 Å². The monoisotopic (exact) mass is 290 g/mol. The van der Waals surface area contributed by atoms with Gasteiger partial charge >= 0.3 is 0 Å². The number of hydrogen-bond donors (Lipinski definition) is 1. The van der Waals surface area contributed by atoms with Crippen molar-refractivity contribution in [1.29, 1.82) is 0 Å². The van der Waals surface area contributed by atoms with Gasteiger partial charge < -0.3 is 10.0 Å². The summed E-state index contributed by atoms with van der Waals surface area (Å²) in [5.41, 5.74) is 4.81. The zero-order chi connectivity index (χ0) is 15.6. The van der Waals surface area contributed by atoms with E-state index in [0.717, 1.165) is 31.7 Å². The molecule has 0 radical (unpaired) electrons. The number of likely N-dealkylation sites (N-methyl/N-ethyl adjacent to an activating group) is 1. The van der Waals surface area contributed by atoms with Gasteiger partial charge in [0.25, 0.3) is 0 Å². The molecule has 0 amide bonds. The SMILES string of the molecule is CCC1CN(CC(O)c2c(C)cc(C)cc2C)CCN1C. The average molecular weight is 290 g/mol. The molecule has 0 aliphatic carbocycles. The third kappa shape index (κ3) is 3.85. The van der Waals surface area contributed by atoms with E-state index >= 15 is 0 Å². The molecule has 1 aliphatic rings. The van der Waals surface area contributed by atoms with E-state index in [9.17, 15) is 5.11 Å². The maximum atomic E-state index is 10.7. The van der Waals surface area contributed by atoms with Gasteiger partial charge in [0.2, 0.25) is 0 Å². The van der Waals surface area contributed by atoms with E-state index in [4.69, 9.17) is 0 Å². The van der Waals surface area contributed by atoms with Crippen molar-refractivity contribution in [1.82, 2.24) is 9.80 Å². The highest BCUT2D eigenvalue weighted by molar-refractivity contribution is 5.39. The Hall–Kier alpha value is -0.900. The summed E-state index contributed by atoms with van der Waals surface area (Å²) in [4.78, 5) is 4.85. The average Bonchev–Trinajstić information content (AvgIpc) is 2.39. The van der Waals surface area contributed by atoms with Gasteiger partial charge in [0.15, 0.2) is 0 Å². The zero-order valence-corrected chi connectivity index (χ0v) is 14.2. The van der Waals surface area contributed by atoms with Crippen LogP contribution in [0.5, 0.6) is 0 Å². The van der Waals surface area contributed by atoms with Crippen molar-refractivity contribution >= 4 is 0 Å². The van der Waals surface area contributed by atoms with Gasteiger partial charge in [0.05, 0.1) is 6.10 Å². The molecule has 1 fully saturated rings. The number of aliphatic hydroxyl groups is 1. The number of β-amino-alcohol motifs (C(OH)–C–C–N with tert-alkyl or cyclic N) is 1. The fourth-order valence-electron chi connectivity index (χ4n) is 3.67. The highest BCUT2D eigenvalue weighted by Crippen LogP contribution is 2.25. The molecule has 0 saturated carbocycles. The van der Waals surface area contributed by atoms with E-state index in [1.54, 1.807) is 0 Å². The summed E-state index contributed by atoms with van der Waals surface area (Å²) in [6.45, 7) is 12.5. The molecule has 1 heterocycles. The van der Waals surface area contributed by atoms with E-state index in [0.29, 0.717) is 6.04 Å². The molecule has 1 aromatic carbocycles. The highest BCUT2D eigenvalue weighted by atomic mass is 16.3. The second-order valence-electron chi connectivity index (χ2n) is 6.63. The Morgan fingerprint density at radius 3 is 2.38 bits per heavy atom. The minimum absolute atomic E-state index is 0.383. The van der Waals surface area contributed by atoms with Crippen LogP contribution in [0.15, 0.2) is 12.1 Å². The molecule has 1 aromatic rings. The second-order valence-corrected chi connectivity index (χ2v) is 6.63. The third-order valence-electron chi connectivity index (χ3n) is 4.83. The van der Waals surface area contributed by atoms with Crippen LogP contribution in [0.3, 0.4) is 0 Å². The Morgan fingerprint density at radius 2 is 1.81 bits per heavy atom. The summed E-state index contributed by atoms with van der Waals surface area (Å²) in [6.07, 6.45) is 0.789. The van der Waals surface area contributed by atoms with Crippen molar-refractivity contribution in [3.05, 3.63) is 34.4 Å². The van der Waals surface area contributed by atoms with E-state index in [2.05, 4.69) is 56.7 Å². The molecule has 0 bridgehead atoms. The molecule has 3 heteroatoms. The van der Waals surface area contributed by atoms with Crippen LogP contribution in [0.1, 0.15) is 41.7 Å². The lowest BCUT2D eigenvalue weighted by atomic mass is 9.95. The summed E-state index contributed by atoms with van der Waals surface area (Å²) in [6, 6.07) is 4.96. The minimum atomic E-state index is -0.383. The quantitative estimate of drug-likeness (QED) is 0.923. The fourth-order valence-corrected chi connectivity index (χ4v) is 3.67. The van der Waals surface area contributed by atoms with Gasteiger partial charge in [0.1, 0.15) is 0 Å². The maximum absolute atomic E-state index is 10.7. The van der Waals surface area contributed by atoms with Crippen LogP contribution in [0.4, 0.5) is 0 Å². The van der Waals surface area contributed by atoms with E-state index in [-0.39, 0.29) is 6.10 Å². The van der Waals surface area contributed by atoms with Crippen molar-refractivity contribution in [2.45, 2.75) is 46.3 Å². The van der Waals surface area contributed by atoms with Crippen LogP contribution in [-0.2, 0) is 0 Å². The maximum Gasteiger partial charge on any atom is 0.0922 e. The predicted molar refractivity (Wildman–Crippen MR) is 88.8 cm³/mol. The first-order chi connectivity index (χ1) is 9.92. The lowest BCUT2D eigenvalue weighted by Gasteiger charge is -2.40. The third-order valence-corrected chi connectivity index (χ3v) is 4.83. The van der Waals surface area contributed by atoms with Crippen LogP contribution in [0.25, 0.3) is 0 Å². The molecule has 2 rings (SSSR count). The standard InChI is InChI=1S/C18H30N2O/c1-6-16-11-20(8-7-19(16)5)12-17(21)18-14(3)9-13(2)10-15(18)4/h9-10,16-17,21H,6-8,11-12H2,1-5H3. The van der Waals surface area contributed by atoms with Gasteiger partial charge in [-0.3, -0.25) is 4.90 Å². The summed E-state index contributed by atoms with van der Waals surface area (Å²) in [7, 11) is 2.20. The first-order valence-corrected chi connectivity index (χ1v) is 8.10. The number of aryl methyl sites for hydroxylation is 3. The molecule has 2 atom stereocenters. The van der Waals surface area contributed by atoms with Gasteiger partial charge in [-0.15, -0.1) is 0 Å². The number of benzene rings is 1. The largest absolute Gasteiger partial charge is 0.387 e. The Kier molecular flexibility index (Phi) is 5.42. The molecule has 2 unspecified atom stereocenters. The van der Waals surface area contributed by atoms with E-state index < -0.39 is 0 Å². The molecule has 0 aromatic heterocycles. The van der Waals surface area contributed by atoms with Gasteiger partial charge in [-0.05, 0) is 50.9 Å². The van der Waals surface area contributed by atoms with Crippen molar-refractivity contribution in [3.63, 3.8) is 0 Å². The number of hydrogen-bond acceptors (Lipinski definition) is 3. The smallest absolute Gasteiger partial charge is 0.0922 e. The second kappa shape index (κ2) is 6.91. The summed E-state index contributed by atoms with van der Waals surface area (Å²) >= 11 is 0. The molecule has 0 spiro atoms. The fraction of sp³-hybridized carbons (Fsp3) is 0.667. The lowest BCUT2D eigenvalue weighted by Crippen LogP contribution is -2.51. The topological polar surface area (TPSA) is 26.7 Å². The molecular weight excluding hydrogens is 260 g/mol. The molecule has 1 saturated heterocycles. The number of rotatable bonds is 4. The molecule has 3 nitrogen and oxygen atoms in total. The summed E-state index contributed by atoms with van der Waals surface area (Å²) in [5.74, 6) is 0. The first-order valence-electron chi connectivity index (χ1n) is 8.10. The molecule has 118 valence electrons.